The first-order chi connectivity index (χ1) is 18.1. The number of fused-ring (bicyclic) bond motifs is 1. The zero-order chi connectivity index (χ0) is 27.2. The van der Waals surface area contributed by atoms with Crippen LogP contribution >= 0.6 is 0 Å². The van der Waals surface area contributed by atoms with Crippen molar-refractivity contribution >= 4 is 38.2 Å². The number of anilines is 2. The van der Waals surface area contributed by atoms with Crippen molar-refractivity contribution in [3.05, 3.63) is 82.7 Å². The summed E-state index contributed by atoms with van der Waals surface area (Å²) in [5, 5.41) is 13.2. The molecule has 5 rings (SSSR count). The van der Waals surface area contributed by atoms with Gasteiger partial charge in [0.25, 0.3) is 10.0 Å². The van der Waals surface area contributed by atoms with E-state index in [4.69, 9.17) is 0 Å². The van der Waals surface area contributed by atoms with Crippen molar-refractivity contribution in [1.29, 1.82) is 0 Å². The van der Waals surface area contributed by atoms with Gasteiger partial charge in [-0.05, 0) is 49.1 Å². The molecule has 13 heteroatoms. The maximum Gasteiger partial charge on any atom is 0.265 e. The number of H-pyrrole nitrogens is 1. The van der Waals surface area contributed by atoms with Crippen molar-refractivity contribution in [2.45, 2.75) is 24.3 Å². The molecule has 1 aliphatic rings. The summed E-state index contributed by atoms with van der Waals surface area (Å²) in [6, 6.07) is 3.09. The lowest BCUT2D eigenvalue weighted by atomic mass is 9.99. The highest BCUT2D eigenvalue weighted by Gasteiger charge is 2.29. The number of aliphatic hydroxyl groups is 1. The number of benzene rings is 2. The molecule has 0 unspecified atom stereocenters. The van der Waals surface area contributed by atoms with E-state index >= 15 is 4.39 Å². The average Bonchev–Trinajstić information content (AvgIpc) is 3.61. The molecule has 2 heterocycles. The highest BCUT2D eigenvalue weighted by molar-refractivity contribution is 7.92. The Hall–Kier alpha value is -3.97. The van der Waals surface area contributed by atoms with Crippen molar-refractivity contribution in [3.8, 4) is 0 Å². The van der Waals surface area contributed by atoms with Crippen LogP contribution in [0.1, 0.15) is 34.3 Å². The molecule has 1 aliphatic carbocycles. The van der Waals surface area contributed by atoms with Crippen LogP contribution in [0.15, 0.2) is 47.6 Å². The molecule has 0 amide bonds. The zero-order valence-electron chi connectivity index (χ0n) is 19.5. The number of hydrogen-bond acceptors (Lipinski definition) is 6. The monoisotopic (exact) mass is 548 g/mol. The number of pyridine rings is 1. The largest absolute Gasteiger partial charge is 0.392 e. The lowest BCUT2D eigenvalue weighted by Gasteiger charge is -2.14. The lowest BCUT2D eigenvalue weighted by molar-refractivity contribution is 0.103. The normalized spacial score (nSPS) is 13.6. The highest BCUT2D eigenvalue weighted by atomic mass is 32.2. The summed E-state index contributed by atoms with van der Waals surface area (Å²) in [6.45, 7) is 0.146. The molecule has 0 saturated heterocycles. The van der Waals surface area contributed by atoms with Crippen LogP contribution in [0.3, 0.4) is 0 Å². The lowest BCUT2D eigenvalue weighted by Crippen LogP contribution is -2.18. The van der Waals surface area contributed by atoms with Gasteiger partial charge in [-0.15, -0.1) is 0 Å². The Morgan fingerprint density at radius 3 is 2.55 bits per heavy atom. The van der Waals surface area contributed by atoms with E-state index in [-0.39, 0.29) is 16.6 Å². The van der Waals surface area contributed by atoms with Gasteiger partial charge in [0.1, 0.15) is 28.0 Å². The van der Waals surface area contributed by atoms with Crippen molar-refractivity contribution < 1.29 is 35.9 Å². The fraction of sp³-hybridized carbons (Fsp3) is 0.200. The number of ketones is 1. The molecule has 198 valence electrons. The summed E-state index contributed by atoms with van der Waals surface area (Å²) >= 11 is 0. The quantitative estimate of drug-likeness (QED) is 0.181. The molecule has 8 nitrogen and oxygen atoms in total. The first kappa shape index (κ1) is 25.7. The Balaban J connectivity index is 1.57. The first-order valence-electron chi connectivity index (χ1n) is 11.4. The second-order valence-electron chi connectivity index (χ2n) is 8.86. The van der Waals surface area contributed by atoms with E-state index in [2.05, 4.69) is 15.3 Å². The van der Waals surface area contributed by atoms with Gasteiger partial charge in [-0.3, -0.25) is 9.52 Å². The number of rotatable bonds is 9. The molecule has 0 aliphatic heterocycles. The van der Waals surface area contributed by atoms with Gasteiger partial charge < -0.3 is 15.4 Å². The van der Waals surface area contributed by atoms with E-state index in [9.17, 15) is 31.5 Å². The number of halogens is 4. The predicted octanol–water partition coefficient (Wildman–Crippen LogP) is 4.47. The third-order valence-corrected chi connectivity index (χ3v) is 7.59. The summed E-state index contributed by atoms with van der Waals surface area (Å²) in [5.74, 6) is -5.89. The number of aromatic nitrogens is 2. The Bertz CT molecular complexity index is 1690. The number of aliphatic hydroxyl groups excluding tert-OH is 1. The van der Waals surface area contributed by atoms with Crippen LogP contribution in [0.25, 0.3) is 11.0 Å². The van der Waals surface area contributed by atoms with Gasteiger partial charge in [-0.25, -0.2) is 31.0 Å². The van der Waals surface area contributed by atoms with Gasteiger partial charge >= 0.3 is 0 Å². The van der Waals surface area contributed by atoms with Gasteiger partial charge in [0.05, 0.1) is 34.5 Å². The maximum atomic E-state index is 15.5. The van der Waals surface area contributed by atoms with Crippen molar-refractivity contribution in [3.63, 3.8) is 0 Å². The van der Waals surface area contributed by atoms with Crippen LogP contribution in [0.4, 0.5) is 28.9 Å². The first-order valence-corrected chi connectivity index (χ1v) is 12.9. The Kier molecular flexibility index (Phi) is 6.57. The summed E-state index contributed by atoms with van der Waals surface area (Å²) < 4.78 is 84.9. The van der Waals surface area contributed by atoms with E-state index in [0.717, 1.165) is 18.9 Å². The molecule has 4 aromatic rings. The van der Waals surface area contributed by atoms with Gasteiger partial charge in [-0.1, -0.05) is 0 Å². The van der Waals surface area contributed by atoms with E-state index < -0.39 is 61.8 Å². The molecule has 0 bridgehead atoms. The number of aromatic amines is 1. The maximum absolute atomic E-state index is 15.5. The molecular formula is C25H20F4N4O4S. The van der Waals surface area contributed by atoms with Crippen molar-refractivity contribution in [2.75, 3.05) is 16.6 Å². The molecular weight excluding hydrogens is 528 g/mol. The number of carbonyl (C=O) groups excluding carboxylic acids is 1. The fourth-order valence-electron chi connectivity index (χ4n) is 4.06. The predicted molar refractivity (Wildman–Crippen MR) is 130 cm³/mol. The molecule has 38 heavy (non-hydrogen) atoms. The molecule has 1 fully saturated rings. The van der Waals surface area contributed by atoms with Crippen LogP contribution < -0.4 is 10.0 Å². The molecule has 2 aromatic heterocycles. The standard InChI is InChI=1S/C25H20F4N4O4S/c26-14-3-4-16(27)19(7-14)38(36,37)33-18-6-5-17(28)21(22(18)29)24(35)15-10-32-25-20(15)23(13(11-34)9-31-25)30-8-12-1-2-12/h3-7,9-10,12,33-34H,1-2,8,11H2,(H2,30,31,32). The summed E-state index contributed by atoms with van der Waals surface area (Å²) in [5.41, 5.74) is -1.12. The molecule has 0 spiro atoms. The van der Waals surface area contributed by atoms with Crippen molar-refractivity contribution in [1.82, 2.24) is 9.97 Å². The van der Waals surface area contributed by atoms with Crippen LogP contribution in [0.5, 0.6) is 0 Å². The van der Waals surface area contributed by atoms with E-state index in [1.54, 1.807) is 4.72 Å². The number of hydrogen-bond donors (Lipinski definition) is 4. The van der Waals surface area contributed by atoms with E-state index in [1.165, 1.54) is 12.4 Å². The second kappa shape index (κ2) is 9.72. The summed E-state index contributed by atoms with van der Waals surface area (Å²) in [7, 11) is -4.85. The van der Waals surface area contributed by atoms with Gasteiger partial charge in [-0.2, -0.15) is 0 Å². The third-order valence-electron chi connectivity index (χ3n) is 6.20. The Labute approximate surface area is 213 Å². The molecule has 0 radical (unpaired) electrons. The fourth-order valence-corrected chi connectivity index (χ4v) is 5.21. The average molecular weight is 549 g/mol. The topological polar surface area (TPSA) is 124 Å². The van der Waals surface area contributed by atoms with Gasteiger partial charge in [0.2, 0.25) is 5.78 Å². The van der Waals surface area contributed by atoms with Gasteiger partial charge in [0, 0.05) is 24.5 Å². The van der Waals surface area contributed by atoms with Crippen molar-refractivity contribution in [2.24, 2.45) is 5.92 Å². The smallest absolute Gasteiger partial charge is 0.265 e. The van der Waals surface area contributed by atoms with Gasteiger partial charge in [0.15, 0.2) is 5.82 Å². The molecule has 1 saturated carbocycles. The minimum absolute atomic E-state index is 0.171. The highest BCUT2D eigenvalue weighted by Crippen LogP contribution is 2.35. The van der Waals surface area contributed by atoms with Crippen LogP contribution in [0, 0.1) is 29.2 Å². The van der Waals surface area contributed by atoms with E-state index in [1.807, 2.05) is 0 Å². The summed E-state index contributed by atoms with van der Waals surface area (Å²) in [4.78, 5) is 19.3. The molecule has 0 atom stereocenters. The zero-order valence-corrected chi connectivity index (χ0v) is 20.3. The number of nitrogens with one attached hydrogen (secondary N) is 3. The third kappa shape index (κ3) is 4.70. The van der Waals surface area contributed by atoms with Crippen LogP contribution in [-0.4, -0.2) is 35.8 Å². The minimum Gasteiger partial charge on any atom is -0.392 e. The SMILES string of the molecule is O=C(c1c(F)ccc(NS(=O)(=O)c2cc(F)ccc2F)c1F)c1c[nH]c2ncc(CO)c(NCC3CC3)c12. The minimum atomic E-state index is -4.85. The number of nitrogens with zero attached hydrogens (tertiary/aromatic N) is 1. The second-order valence-corrected chi connectivity index (χ2v) is 10.5. The summed E-state index contributed by atoms with van der Waals surface area (Å²) in [6.07, 6.45) is 4.66. The molecule has 2 aromatic carbocycles. The van der Waals surface area contributed by atoms with Crippen LogP contribution in [-0.2, 0) is 16.6 Å². The number of sulfonamides is 1. The Morgan fingerprint density at radius 2 is 1.84 bits per heavy atom. The Morgan fingerprint density at radius 1 is 1.11 bits per heavy atom. The van der Waals surface area contributed by atoms with E-state index in [0.29, 0.717) is 48.0 Å². The number of carbonyl (C=O) groups is 1. The van der Waals surface area contributed by atoms with Crippen LogP contribution in [0.2, 0.25) is 0 Å². The molecule has 4 N–H and O–H groups in total.